The lowest BCUT2D eigenvalue weighted by Crippen LogP contribution is -2.03. The molecule has 2 nitrogen and oxygen atoms in total. The zero-order valence-electron chi connectivity index (χ0n) is 21.4. The average Bonchev–Trinajstić information content (AvgIpc) is 2.78. The van der Waals surface area contributed by atoms with Crippen molar-refractivity contribution in [1.82, 2.24) is 0 Å². The Bertz CT molecular complexity index is 362. The summed E-state index contributed by atoms with van der Waals surface area (Å²) in [6, 6.07) is 0. The molecule has 0 aromatic heterocycles. The van der Waals surface area contributed by atoms with E-state index in [2.05, 4.69) is 38.2 Å². The van der Waals surface area contributed by atoms with Crippen molar-refractivity contribution < 1.29 is 9.47 Å². The molecule has 0 aromatic carbocycles. The number of unbranched alkanes of at least 4 members (excludes halogenated alkanes) is 14. The highest BCUT2D eigenvalue weighted by atomic mass is 16.5. The van der Waals surface area contributed by atoms with Crippen molar-refractivity contribution >= 4 is 0 Å². The van der Waals surface area contributed by atoms with Gasteiger partial charge in [-0.05, 0) is 51.4 Å². The minimum absolute atomic E-state index is 0.858. The van der Waals surface area contributed by atoms with Crippen LogP contribution < -0.4 is 0 Å². The predicted molar refractivity (Wildman–Crippen MR) is 139 cm³/mol. The lowest BCUT2D eigenvalue weighted by molar-refractivity contribution is 0.0794. The number of ether oxygens (including phenoxy) is 2. The zero-order valence-corrected chi connectivity index (χ0v) is 21.4. The van der Waals surface area contributed by atoms with Gasteiger partial charge in [-0.1, -0.05) is 109 Å². The Morgan fingerprint density at radius 2 is 0.774 bits per heavy atom. The van der Waals surface area contributed by atoms with E-state index in [0.29, 0.717) is 0 Å². The van der Waals surface area contributed by atoms with Crippen molar-refractivity contribution in [1.29, 1.82) is 0 Å². The van der Waals surface area contributed by atoms with Crippen LogP contribution in [0.5, 0.6) is 0 Å². The van der Waals surface area contributed by atoms with Gasteiger partial charge in [-0.2, -0.15) is 0 Å². The Morgan fingerprint density at radius 3 is 1.32 bits per heavy atom. The third-order valence-corrected chi connectivity index (χ3v) is 5.71. The number of rotatable bonds is 26. The van der Waals surface area contributed by atoms with Crippen LogP contribution >= 0.6 is 0 Å². The summed E-state index contributed by atoms with van der Waals surface area (Å²) in [7, 11) is 0. The van der Waals surface area contributed by atoms with E-state index in [-0.39, 0.29) is 0 Å². The van der Waals surface area contributed by atoms with Crippen LogP contribution in [-0.2, 0) is 9.47 Å². The summed E-state index contributed by atoms with van der Waals surface area (Å²) in [5, 5.41) is 0. The van der Waals surface area contributed by atoms with Crippen LogP contribution in [0.2, 0.25) is 0 Å². The molecule has 0 aliphatic rings. The van der Waals surface area contributed by atoms with Gasteiger partial charge in [0.25, 0.3) is 0 Å². The first kappa shape index (κ1) is 30.4. The Labute approximate surface area is 196 Å². The second kappa shape index (κ2) is 29.4. The molecule has 0 aliphatic carbocycles. The summed E-state index contributed by atoms with van der Waals surface area (Å²) in [6.45, 7) is 8.10. The molecule has 0 N–H and O–H groups in total. The van der Waals surface area contributed by atoms with Gasteiger partial charge in [0.05, 0.1) is 0 Å². The molecule has 0 saturated heterocycles. The summed E-state index contributed by atoms with van der Waals surface area (Å²) < 4.78 is 11.4. The van der Waals surface area contributed by atoms with Crippen LogP contribution in [0.15, 0.2) is 24.3 Å². The van der Waals surface area contributed by atoms with E-state index < -0.39 is 0 Å². The highest BCUT2D eigenvalue weighted by molar-refractivity contribution is 4.92. The van der Waals surface area contributed by atoms with Gasteiger partial charge in [-0.3, -0.25) is 0 Å². The number of hydrogen-bond donors (Lipinski definition) is 0. The predicted octanol–water partition coefficient (Wildman–Crippen LogP) is 9.58. The molecule has 31 heavy (non-hydrogen) atoms. The fourth-order valence-corrected chi connectivity index (χ4v) is 3.64. The van der Waals surface area contributed by atoms with Crippen molar-refractivity contribution in [3.63, 3.8) is 0 Å². The average molecular weight is 437 g/mol. The van der Waals surface area contributed by atoms with E-state index in [1.165, 1.54) is 109 Å². The first-order valence-electron chi connectivity index (χ1n) is 13.9. The fourth-order valence-electron chi connectivity index (χ4n) is 3.64. The molecule has 0 atom stereocenters. The molecule has 0 heterocycles. The lowest BCUT2D eigenvalue weighted by atomic mass is 10.1. The largest absolute Gasteiger partial charge is 0.381 e. The third kappa shape index (κ3) is 29.4. The second-order valence-electron chi connectivity index (χ2n) is 8.93. The van der Waals surface area contributed by atoms with Gasteiger partial charge in [0, 0.05) is 26.4 Å². The van der Waals surface area contributed by atoms with Gasteiger partial charge < -0.3 is 9.47 Å². The summed E-state index contributed by atoms with van der Waals surface area (Å²) in [5.41, 5.74) is 0. The Balaban J connectivity index is 3.08. The van der Waals surface area contributed by atoms with E-state index >= 15 is 0 Å². The quantitative estimate of drug-likeness (QED) is 0.0992. The Morgan fingerprint density at radius 1 is 0.387 bits per heavy atom. The van der Waals surface area contributed by atoms with E-state index in [4.69, 9.17) is 9.47 Å². The standard InChI is InChI=1S/C29H56O2/c1-3-5-7-9-11-12-13-14-15-16-17-18-19-20-22-24-27-31-29-25-28-30-26-23-21-10-8-6-4-2/h11-12,14-15H,3-10,13,16-29H2,1-2H3. The molecule has 2 heteroatoms. The van der Waals surface area contributed by atoms with Crippen LogP contribution in [-0.4, -0.2) is 26.4 Å². The van der Waals surface area contributed by atoms with E-state index in [0.717, 1.165) is 39.3 Å². The molecule has 0 aliphatic heterocycles. The zero-order chi connectivity index (χ0) is 22.5. The second-order valence-corrected chi connectivity index (χ2v) is 8.93. The van der Waals surface area contributed by atoms with Gasteiger partial charge in [-0.15, -0.1) is 0 Å². The van der Waals surface area contributed by atoms with Crippen molar-refractivity contribution in [2.24, 2.45) is 0 Å². The minimum atomic E-state index is 0.858. The summed E-state index contributed by atoms with van der Waals surface area (Å²) >= 11 is 0. The van der Waals surface area contributed by atoms with Crippen LogP contribution in [0.4, 0.5) is 0 Å². The molecule has 0 bridgehead atoms. The van der Waals surface area contributed by atoms with Gasteiger partial charge in [0.2, 0.25) is 0 Å². The lowest BCUT2D eigenvalue weighted by Gasteiger charge is -2.06. The molecule has 0 radical (unpaired) electrons. The van der Waals surface area contributed by atoms with Crippen molar-refractivity contribution in [2.75, 3.05) is 26.4 Å². The molecule has 0 unspecified atom stereocenters. The molecule has 0 spiro atoms. The fraction of sp³-hybridized carbons (Fsp3) is 0.862. The van der Waals surface area contributed by atoms with Crippen molar-refractivity contribution in [3.8, 4) is 0 Å². The van der Waals surface area contributed by atoms with E-state index in [1.807, 2.05) is 0 Å². The van der Waals surface area contributed by atoms with E-state index in [1.54, 1.807) is 0 Å². The molecular weight excluding hydrogens is 380 g/mol. The molecular formula is C29H56O2. The van der Waals surface area contributed by atoms with Gasteiger partial charge in [-0.25, -0.2) is 0 Å². The van der Waals surface area contributed by atoms with E-state index in [9.17, 15) is 0 Å². The maximum Gasteiger partial charge on any atom is 0.0487 e. The normalized spacial score (nSPS) is 11.9. The van der Waals surface area contributed by atoms with Crippen molar-refractivity contribution in [2.45, 2.75) is 136 Å². The van der Waals surface area contributed by atoms with Crippen molar-refractivity contribution in [3.05, 3.63) is 24.3 Å². The topological polar surface area (TPSA) is 18.5 Å². The highest BCUT2D eigenvalue weighted by Crippen LogP contribution is 2.08. The maximum atomic E-state index is 5.73. The SMILES string of the molecule is CCCCCC=CCC=CCCCCCCCCOCCCOCCCCCCCC. The van der Waals surface area contributed by atoms with Crippen LogP contribution in [0.1, 0.15) is 136 Å². The maximum absolute atomic E-state index is 5.73. The smallest absolute Gasteiger partial charge is 0.0487 e. The first-order valence-corrected chi connectivity index (χ1v) is 13.9. The molecule has 0 amide bonds. The van der Waals surface area contributed by atoms with Crippen LogP contribution in [0.25, 0.3) is 0 Å². The van der Waals surface area contributed by atoms with Gasteiger partial charge in [0.1, 0.15) is 0 Å². The molecule has 184 valence electrons. The Hall–Kier alpha value is -0.600. The Kier molecular flexibility index (Phi) is 28.8. The van der Waals surface area contributed by atoms with Crippen LogP contribution in [0.3, 0.4) is 0 Å². The monoisotopic (exact) mass is 436 g/mol. The van der Waals surface area contributed by atoms with Gasteiger partial charge in [0.15, 0.2) is 0 Å². The third-order valence-electron chi connectivity index (χ3n) is 5.71. The molecule has 0 fully saturated rings. The number of hydrogen-bond acceptors (Lipinski definition) is 2. The van der Waals surface area contributed by atoms with Gasteiger partial charge >= 0.3 is 0 Å². The molecule has 0 aromatic rings. The first-order chi connectivity index (χ1) is 15.4. The summed E-state index contributed by atoms with van der Waals surface area (Å²) in [5.74, 6) is 0. The minimum Gasteiger partial charge on any atom is -0.381 e. The van der Waals surface area contributed by atoms with Crippen LogP contribution in [0, 0.1) is 0 Å². The molecule has 0 saturated carbocycles. The molecule has 0 rings (SSSR count). The summed E-state index contributed by atoms with van der Waals surface area (Å²) in [6.07, 6.45) is 34.0. The number of allylic oxidation sites excluding steroid dienone is 4. The highest BCUT2D eigenvalue weighted by Gasteiger charge is 1.94. The summed E-state index contributed by atoms with van der Waals surface area (Å²) in [4.78, 5) is 0.